The first-order chi connectivity index (χ1) is 8.46. The lowest BCUT2D eigenvalue weighted by atomic mass is 9.97. The van der Waals surface area contributed by atoms with Gasteiger partial charge >= 0.3 is 0 Å². The Morgan fingerprint density at radius 3 is 2.33 bits per heavy atom. The lowest BCUT2D eigenvalue weighted by Crippen LogP contribution is -2.44. The first-order valence-electron chi connectivity index (χ1n) is 6.61. The van der Waals surface area contributed by atoms with Gasteiger partial charge in [-0.2, -0.15) is 0 Å². The van der Waals surface area contributed by atoms with Crippen LogP contribution in [0.15, 0.2) is 0 Å². The Labute approximate surface area is 111 Å². The maximum absolute atomic E-state index is 10.0. The van der Waals surface area contributed by atoms with E-state index in [1.807, 2.05) is 0 Å². The van der Waals surface area contributed by atoms with Gasteiger partial charge in [0.2, 0.25) is 0 Å². The number of aliphatic hydroxyl groups is 1. The van der Waals surface area contributed by atoms with Gasteiger partial charge < -0.3 is 20.3 Å². The SMILES string of the molecule is COCCCN(CCOC)C(C)CC(C)(O)CN. The molecular formula is C13H30N2O3. The van der Waals surface area contributed by atoms with E-state index in [1.54, 1.807) is 21.1 Å². The zero-order valence-electron chi connectivity index (χ0n) is 12.3. The van der Waals surface area contributed by atoms with Gasteiger partial charge in [-0.25, -0.2) is 0 Å². The molecule has 0 saturated carbocycles. The Morgan fingerprint density at radius 2 is 1.83 bits per heavy atom. The fourth-order valence-corrected chi connectivity index (χ4v) is 2.02. The number of nitrogens with two attached hydrogens (primary N) is 1. The normalized spacial score (nSPS) is 16.8. The first kappa shape index (κ1) is 17.8. The molecule has 3 N–H and O–H groups in total. The molecule has 0 bridgehead atoms. The monoisotopic (exact) mass is 262 g/mol. The first-order valence-corrected chi connectivity index (χ1v) is 6.61. The number of nitrogens with zero attached hydrogens (tertiary/aromatic N) is 1. The Hall–Kier alpha value is -0.200. The predicted molar refractivity (Wildman–Crippen MR) is 73.7 cm³/mol. The molecule has 0 fully saturated rings. The topological polar surface area (TPSA) is 68.0 Å². The summed E-state index contributed by atoms with van der Waals surface area (Å²) in [6, 6.07) is 0.274. The molecule has 2 atom stereocenters. The van der Waals surface area contributed by atoms with Crippen molar-refractivity contribution in [3.05, 3.63) is 0 Å². The van der Waals surface area contributed by atoms with E-state index in [1.165, 1.54) is 0 Å². The highest BCUT2D eigenvalue weighted by atomic mass is 16.5. The summed E-state index contributed by atoms with van der Waals surface area (Å²) in [6.45, 7) is 7.44. The number of methoxy groups -OCH3 is 2. The molecule has 2 unspecified atom stereocenters. The van der Waals surface area contributed by atoms with Crippen LogP contribution in [0.25, 0.3) is 0 Å². The fourth-order valence-electron chi connectivity index (χ4n) is 2.02. The van der Waals surface area contributed by atoms with E-state index in [4.69, 9.17) is 15.2 Å². The minimum absolute atomic E-state index is 0.274. The molecule has 0 heterocycles. The molecule has 18 heavy (non-hydrogen) atoms. The summed E-state index contributed by atoms with van der Waals surface area (Å²) in [5, 5.41) is 10.0. The van der Waals surface area contributed by atoms with Crippen molar-refractivity contribution in [1.82, 2.24) is 4.90 Å². The van der Waals surface area contributed by atoms with E-state index in [9.17, 15) is 5.11 Å². The molecule has 110 valence electrons. The standard InChI is InChI=1S/C13H30N2O3/c1-12(10-13(2,16)11-14)15(7-9-18-4)6-5-8-17-3/h12,16H,5-11,14H2,1-4H3. The van der Waals surface area contributed by atoms with Crippen LogP contribution in [-0.2, 0) is 9.47 Å². The van der Waals surface area contributed by atoms with Crippen LogP contribution >= 0.6 is 0 Å². The van der Waals surface area contributed by atoms with Crippen molar-refractivity contribution < 1.29 is 14.6 Å². The van der Waals surface area contributed by atoms with Crippen molar-refractivity contribution in [1.29, 1.82) is 0 Å². The van der Waals surface area contributed by atoms with Crippen molar-refractivity contribution in [2.75, 3.05) is 47.1 Å². The van der Waals surface area contributed by atoms with Crippen LogP contribution < -0.4 is 5.73 Å². The van der Waals surface area contributed by atoms with Crippen LogP contribution in [-0.4, -0.2) is 68.7 Å². The molecule has 0 amide bonds. The average molecular weight is 262 g/mol. The van der Waals surface area contributed by atoms with Crippen molar-refractivity contribution in [2.24, 2.45) is 5.73 Å². The third kappa shape index (κ3) is 8.00. The van der Waals surface area contributed by atoms with E-state index in [0.29, 0.717) is 13.0 Å². The van der Waals surface area contributed by atoms with Crippen molar-refractivity contribution in [3.63, 3.8) is 0 Å². The Morgan fingerprint density at radius 1 is 1.22 bits per heavy atom. The van der Waals surface area contributed by atoms with Crippen molar-refractivity contribution >= 4 is 0 Å². The molecule has 5 nitrogen and oxygen atoms in total. The molecule has 0 aliphatic rings. The van der Waals surface area contributed by atoms with E-state index in [2.05, 4.69) is 11.8 Å². The average Bonchev–Trinajstić information content (AvgIpc) is 2.33. The molecule has 0 aliphatic heterocycles. The molecule has 0 rings (SSSR count). The van der Waals surface area contributed by atoms with Crippen LogP contribution in [0.4, 0.5) is 0 Å². The van der Waals surface area contributed by atoms with E-state index in [0.717, 1.165) is 26.1 Å². The Bertz CT molecular complexity index is 201. The fraction of sp³-hybridized carbons (Fsp3) is 1.00. The summed E-state index contributed by atoms with van der Waals surface area (Å²) in [5.41, 5.74) is 4.76. The molecule has 0 aromatic carbocycles. The summed E-state index contributed by atoms with van der Waals surface area (Å²) in [7, 11) is 3.41. The highest BCUT2D eigenvalue weighted by Gasteiger charge is 2.24. The predicted octanol–water partition coefficient (Wildman–Crippen LogP) is 0.460. The van der Waals surface area contributed by atoms with Gasteiger partial charge in [0.25, 0.3) is 0 Å². The van der Waals surface area contributed by atoms with Gasteiger partial charge in [-0.05, 0) is 26.7 Å². The van der Waals surface area contributed by atoms with Gasteiger partial charge in [0.05, 0.1) is 12.2 Å². The Balaban J connectivity index is 4.24. The van der Waals surface area contributed by atoms with Gasteiger partial charge in [-0.1, -0.05) is 0 Å². The molecule has 0 aromatic heterocycles. The van der Waals surface area contributed by atoms with Crippen LogP contribution in [0.2, 0.25) is 0 Å². The van der Waals surface area contributed by atoms with Gasteiger partial charge in [0.15, 0.2) is 0 Å². The van der Waals surface area contributed by atoms with Gasteiger partial charge in [0, 0.05) is 46.5 Å². The second-order valence-electron chi connectivity index (χ2n) is 5.13. The summed E-state index contributed by atoms with van der Waals surface area (Å²) in [5.74, 6) is 0. The summed E-state index contributed by atoms with van der Waals surface area (Å²) >= 11 is 0. The molecule has 0 aliphatic carbocycles. The maximum Gasteiger partial charge on any atom is 0.0756 e. The van der Waals surface area contributed by atoms with E-state index < -0.39 is 5.60 Å². The number of rotatable bonds is 11. The van der Waals surface area contributed by atoms with E-state index in [-0.39, 0.29) is 12.6 Å². The second-order valence-corrected chi connectivity index (χ2v) is 5.13. The van der Waals surface area contributed by atoms with Gasteiger partial charge in [-0.3, -0.25) is 4.90 Å². The number of hydrogen-bond acceptors (Lipinski definition) is 5. The van der Waals surface area contributed by atoms with Crippen LogP contribution in [0.3, 0.4) is 0 Å². The molecular weight excluding hydrogens is 232 g/mol. The van der Waals surface area contributed by atoms with Gasteiger partial charge in [0.1, 0.15) is 0 Å². The quantitative estimate of drug-likeness (QED) is 0.530. The molecule has 0 saturated heterocycles. The van der Waals surface area contributed by atoms with Crippen molar-refractivity contribution in [2.45, 2.75) is 38.3 Å². The Kier molecular flexibility index (Phi) is 9.59. The van der Waals surface area contributed by atoms with Crippen LogP contribution in [0.1, 0.15) is 26.7 Å². The second kappa shape index (κ2) is 9.69. The number of hydrogen-bond donors (Lipinski definition) is 2. The highest BCUT2D eigenvalue weighted by Crippen LogP contribution is 2.15. The molecule has 0 radical (unpaired) electrons. The summed E-state index contributed by atoms with van der Waals surface area (Å²) < 4.78 is 10.2. The van der Waals surface area contributed by atoms with Crippen LogP contribution in [0, 0.1) is 0 Å². The zero-order chi connectivity index (χ0) is 14.0. The minimum Gasteiger partial charge on any atom is -0.389 e. The lowest BCUT2D eigenvalue weighted by Gasteiger charge is -2.33. The lowest BCUT2D eigenvalue weighted by molar-refractivity contribution is 0.0212. The molecule has 5 heteroatoms. The summed E-state index contributed by atoms with van der Waals surface area (Å²) in [6.07, 6.45) is 1.65. The van der Waals surface area contributed by atoms with Gasteiger partial charge in [-0.15, -0.1) is 0 Å². The highest BCUT2D eigenvalue weighted by molar-refractivity contribution is 4.80. The molecule has 0 aromatic rings. The number of ether oxygens (including phenoxy) is 2. The zero-order valence-corrected chi connectivity index (χ0v) is 12.3. The smallest absolute Gasteiger partial charge is 0.0756 e. The summed E-state index contributed by atoms with van der Waals surface area (Å²) in [4.78, 5) is 2.31. The largest absolute Gasteiger partial charge is 0.389 e. The molecule has 0 spiro atoms. The third-order valence-corrected chi connectivity index (χ3v) is 3.17. The third-order valence-electron chi connectivity index (χ3n) is 3.17. The van der Waals surface area contributed by atoms with E-state index >= 15 is 0 Å². The van der Waals surface area contributed by atoms with Crippen molar-refractivity contribution in [3.8, 4) is 0 Å². The minimum atomic E-state index is -0.800. The maximum atomic E-state index is 10.0. The van der Waals surface area contributed by atoms with Crippen LogP contribution in [0.5, 0.6) is 0 Å².